The smallest absolute Gasteiger partial charge is 0.246 e. The summed E-state index contributed by atoms with van der Waals surface area (Å²) in [5.74, 6) is 0.517. The Kier molecular flexibility index (Phi) is 4.06. The number of carbonyl (C=O) groups excluding carboxylic acids is 1. The molecule has 0 atom stereocenters. The van der Waals surface area contributed by atoms with E-state index in [0.717, 1.165) is 0 Å². The molecular weight excluding hydrogens is 266 g/mol. The first kappa shape index (κ1) is 13.4. The minimum atomic E-state index is -0.174. The van der Waals surface area contributed by atoms with Gasteiger partial charge >= 0.3 is 0 Å². The van der Waals surface area contributed by atoms with Gasteiger partial charge in [0.15, 0.2) is 0 Å². The number of rotatable bonds is 4. The van der Waals surface area contributed by atoms with E-state index in [9.17, 15) is 4.79 Å². The molecule has 1 amide bonds. The lowest BCUT2D eigenvalue weighted by Crippen LogP contribution is -2.19. The van der Waals surface area contributed by atoms with Crippen molar-refractivity contribution in [2.24, 2.45) is 0 Å². The molecule has 5 nitrogen and oxygen atoms in total. The number of amides is 1. The zero-order chi connectivity index (χ0) is 13.8. The average Bonchev–Trinajstić information content (AvgIpc) is 2.68. The SMILES string of the molecule is COc1cccc(NC(=O)Cn2cc(Cl)c(C)n2)c1. The highest BCUT2D eigenvalue weighted by molar-refractivity contribution is 6.31. The molecule has 1 heterocycles. The second-order valence-electron chi connectivity index (χ2n) is 4.04. The first-order valence-corrected chi connectivity index (χ1v) is 6.10. The molecule has 2 rings (SSSR count). The van der Waals surface area contributed by atoms with E-state index in [-0.39, 0.29) is 12.5 Å². The normalized spacial score (nSPS) is 10.3. The Morgan fingerprint density at radius 2 is 2.32 bits per heavy atom. The summed E-state index contributed by atoms with van der Waals surface area (Å²) in [7, 11) is 1.58. The number of hydrogen-bond acceptors (Lipinski definition) is 3. The summed E-state index contributed by atoms with van der Waals surface area (Å²) in [6, 6.07) is 7.16. The monoisotopic (exact) mass is 279 g/mol. The third-order valence-corrected chi connectivity index (χ3v) is 2.92. The van der Waals surface area contributed by atoms with E-state index in [1.54, 1.807) is 32.4 Å². The summed E-state index contributed by atoms with van der Waals surface area (Å²) >= 11 is 5.88. The number of anilines is 1. The van der Waals surface area contributed by atoms with E-state index in [4.69, 9.17) is 16.3 Å². The van der Waals surface area contributed by atoms with Gasteiger partial charge < -0.3 is 10.1 Å². The molecule has 1 aromatic carbocycles. The van der Waals surface area contributed by atoms with Crippen LogP contribution in [0.2, 0.25) is 5.02 Å². The molecule has 100 valence electrons. The predicted octanol–water partition coefficient (Wildman–Crippen LogP) is 2.49. The number of hydrogen-bond donors (Lipinski definition) is 1. The fraction of sp³-hybridized carbons (Fsp3) is 0.231. The molecule has 1 N–H and O–H groups in total. The van der Waals surface area contributed by atoms with Crippen LogP contribution in [0.1, 0.15) is 5.69 Å². The van der Waals surface area contributed by atoms with E-state index in [1.165, 1.54) is 4.68 Å². The number of nitrogens with zero attached hydrogens (tertiary/aromatic N) is 2. The molecule has 1 aromatic heterocycles. The topological polar surface area (TPSA) is 56.1 Å². The molecule has 0 saturated carbocycles. The van der Waals surface area contributed by atoms with Gasteiger partial charge in [0.1, 0.15) is 12.3 Å². The van der Waals surface area contributed by atoms with E-state index in [0.29, 0.717) is 22.2 Å². The molecule has 0 radical (unpaired) electrons. The zero-order valence-electron chi connectivity index (χ0n) is 10.7. The molecule has 19 heavy (non-hydrogen) atoms. The Labute approximate surface area is 116 Å². The highest BCUT2D eigenvalue weighted by Gasteiger charge is 2.07. The molecule has 0 fully saturated rings. The Bertz CT molecular complexity index is 576. The summed E-state index contributed by atoms with van der Waals surface area (Å²) < 4.78 is 6.59. The van der Waals surface area contributed by atoms with Crippen molar-refractivity contribution in [1.82, 2.24) is 9.78 Å². The van der Waals surface area contributed by atoms with Crippen LogP contribution in [0, 0.1) is 6.92 Å². The van der Waals surface area contributed by atoms with Crippen LogP contribution < -0.4 is 10.1 Å². The fourth-order valence-electron chi connectivity index (χ4n) is 1.62. The zero-order valence-corrected chi connectivity index (χ0v) is 11.4. The quantitative estimate of drug-likeness (QED) is 0.935. The standard InChI is InChI=1S/C13H14ClN3O2/c1-9-12(14)7-17(16-9)8-13(18)15-10-4-3-5-11(6-10)19-2/h3-7H,8H2,1-2H3,(H,15,18). The summed E-state index contributed by atoms with van der Waals surface area (Å²) in [6.07, 6.45) is 1.63. The minimum Gasteiger partial charge on any atom is -0.497 e. The summed E-state index contributed by atoms with van der Waals surface area (Å²) in [5.41, 5.74) is 1.38. The molecule has 0 saturated heterocycles. The average molecular weight is 280 g/mol. The van der Waals surface area contributed by atoms with Gasteiger partial charge in [-0.25, -0.2) is 0 Å². The third kappa shape index (κ3) is 3.48. The fourth-order valence-corrected chi connectivity index (χ4v) is 1.77. The second-order valence-corrected chi connectivity index (χ2v) is 4.45. The van der Waals surface area contributed by atoms with Crippen LogP contribution in [0.5, 0.6) is 5.75 Å². The van der Waals surface area contributed by atoms with Crippen LogP contribution in [0.25, 0.3) is 0 Å². The van der Waals surface area contributed by atoms with Crippen LogP contribution in [0.3, 0.4) is 0 Å². The van der Waals surface area contributed by atoms with Crippen LogP contribution in [-0.4, -0.2) is 22.8 Å². The van der Waals surface area contributed by atoms with Crippen molar-refractivity contribution in [2.75, 3.05) is 12.4 Å². The maximum atomic E-state index is 11.8. The van der Waals surface area contributed by atoms with Gasteiger partial charge in [-0.2, -0.15) is 5.10 Å². The Balaban J connectivity index is 2.00. The number of carbonyl (C=O) groups is 1. The van der Waals surface area contributed by atoms with E-state index in [2.05, 4.69) is 10.4 Å². The molecule has 0 bridgehead atoms. The Hall–Kier alpha value is -2.01. The molecule has 0 aliphatic carbocycles. The lowest BCUT2D eigenvalue weighted by Gasteiger charge is -2.07. The predicted molar refractivity (Wildman–Crippen MR) is 73.6 cm³/mol. The van der Waals surface area contributed by atoms with Crippen molar-refractivity contribution in [2.45, 2.75) is 13.5 Å². The first-order valence-electron chi connectivity index (χ1n) is 5.72. The molecule has 0 spiro atoms. The third-order valence-electron chi connectivity index (χ3n) is 2.55. The maximum absolute atomic E-state index is 11.8. The highest BCUT2D eigenvalue weighted by atomic mass is 35.5. The van der Waals surface area contributed by atoms with Crippen molar-refractivity contribution < 1.29 is 9.53 Å². The van der Waals surface area contributed by atoms with Gasteiger partial charge in [-0.3, -0.25) is 9.48 Å². The number of methoxy groups -OCH3 is 1. The van der Waals surface area contributed by atoms with Gasteiger partial charge in [-0.1, -0.05) is 17.7 Å². The second kappa shape index (κ2) is 5.75. The van der Waals surface area contributed by atoms with E-state index >= 15 is 0 Å². The maximum Gasteiger partial charge on any atom is 0.246 e. The van der Waals surface area contributed by atoms with Gasteiger partial charge in [0.05, 0.1) is 17.8 Å². The number of nitrogens with one attached hydrogen (secondary N) is 1. The highest BCUT2D eigenvalue weighted by Crippen LogP contribution is 2.17. The van der Waals surface area contributed by atoms with Gasteiger partial charge in [-0.05, 0) is 19.1 Å². The number of aromatic nitrogens is 2. The lowest BCUT2D eigenvalue weighted by molar-refractivity contribution is -0.116. The number of ether oxygens (including phenoxy) is 1. The van der Waals surface area contributed by atoms with Crippen LogP contribution in [-0.2, 0) is 11.3 Å². The lowest BCUT2D eigenvalue weighted by atomic mass is 10.3. The molecule has 0 aliphatic heterocycles. The van der Waals surface area contributed by atoms with Gasteiger partial charge in [0, 0.05) is 18.0 Å². The number of aryl methyl sites for hydroxylation is 1. The number of halogens is 1. The van der Waals surface area contributed by atoms with Crippen LogP contribution in [0.15, 0.2) is 30.5 Å². The van der Waals surface area contributed by atoms with Crippen molar-refractivity contribution >= 4 is 23.2 Å². The van der Waals surface area contributed by atoms with Crippen molar-refractivity contribution in [3.63, 3.8) is 0 Å². The van der Waals surface area contributed by atoms with E-state index < -0.39 is 0 Å². The minimum absolute atomic E-state index is 0.116. The summed E-state index contributed by atoms with van der Waals surface area (Å²) in [6.45, 7) is 1.91. The van der Waals surface area contributed by atoms with Crippen LogP contribution >= 0.6 is 11.6 Å². The molecule has 0 aliphatic rings. The van der Waals surface area contributed by atoms with Crippen LogP contribution in [0.4, 0.5) is 5.69 Å². The van der Waals surface area contributed by atoms with Gasteiger partial charge in [-0.15, -0.1) is 0 Å². The molecule has 0 unspecified atom stereocenters. The van der Waals surface area contributed by atoms with Crippen molar-refractivity contribution in [1.29, 1.82) is 0 Å². The molecule has 6 heteroatoms. The molecular formula is C13H14ClN3O2. The number of benzene rings is 1. The van der Waals surface area contributed by atoms with Gasteiger partial charge in [0.2, 0.25) is 5.91 Å². The summed E-state index contributed by atoms with van der Waals surface area (Å²) in [5, 5.41) is 7.45. The summed E-state index contributed by atoms with van der Waals surface area (Å²) in [4.78, 5) is 11.8. The Morgan fingerprint density at radius 1 is 1.53 bits per heavy atom. The first-order chi connectivity index (χ1) is 9.08. The van der Waals surface area contributed by atoms with Crippen molar-refractivity contribution in [3.8, 4) is 5.75 Å². The largest absolute Gasteiger partial charge is 0.497 e. The Morgan fingerprint density at radius 3 is 2.95 bits per heavy atom. The van der Waals surface area contributed by atoms with Crippen molar-refractivity contribution in [3.05, 3.63) is 41.2 Å². The van der Waals surface area contributed by atoms with Gasteiger partial charge in [0.25, 0.3) is 0 Å². The molecule has 2 aromatic rings. The van der Waals surface area contributed by atoms with E-state index in [1.807, 2.05) is 12.1 Å².